The zero-order valence-corrected chi connectivity index (χ0v) is 15.0. The Bertz CT molecular complexity index is 830. The van der Waals surface area contributed by atoms with E-state index >= 15 is 0 Å². The topological polar surface area (TPSA) is 88.7 Å². The second-order valence-corrected chi connectivity index (χ2v) is 5.51. The molecule has 0 saturated carbocycles. The number of carbonyl (C=O) groups is 2. The number of alkyl halides is 3. The highest BCUT2D eigenvalue weighted by molar-refractivity contribution is 6.00. The van der Waals surface area contributed by atoms with Crippen molar-refractivity contribution in [3.05, 3.63) is 60.2 Å². The predicted octanol–water partition coefficient (Wildman–Crippen LogP) is 2.47. The van der Waals surface area contributed by atoms with Crippen molar-refractivity contribution in [3.8, 4) is 5.75 Å². The van der Waals surface area contributed by atoms with Gasteiger partial charge >= 0.3 is 17.8 Å². The van der Waals surface area contributed by atoms with Gasteiger partial charge in [-0.1, -0.05) is 30.3 Å². The van der Waals surface area contributed by atoms with E-state index in [2.05, 4.69) is 10.2 Å². The van der Waals surface area contributed by atoms with Crippen molar-refractivity contribution in [2.24, 2.45) is 0 Å². The first kappa shape index (κ1) is 21.0. The molecule has 0 unspecified atom stereocenters. The number of para-hydroxylation sites is 2. The number of esters is 1. The van der Waals surface area contributed by atoms with E-state index in [-0.39, 0.29) is 17.0 Å². The molecule has 0 spiro atoms. The van der Waals surface area contributed by atoms with E-state index in [0.29, 0.717) is 0 Å². The van der Waals surface area contributed by atoms with E-state index < -0.39 is 23.7 Å². The minimum absolute atomic E-state index is 0.0389. The average molecular weight is 397 g/mol. The van der Waals surface area contributed by atoms with Crippen molar-refractivity contribution in [2.75, 3.05) is 19.6 Å². The third-order valence-electron chi connectivity index (χ3n) is 3.74. The van der Waals surface area contributed by atoms with Gasteiger partial charge in [-0.15, -0.1) is 0 Å². The Balaban J connectivity index is 2.41. The molecular weight excluding hydrogens is 379 g/mol. The summed E-state index contributed by atoms with van der Waals surface area (Å²) in [5.41, 5.74) is 0.610. The minimum Gasteiger partial charge on any atom is -0.496 e. The van der Waals surface area contributed by atoms with Crippen LogP contribution < -0.4 is 20.9 Å². The van der Waals surface area contributed by atoms with Crippen LogP contribution >= 0.6 is 0 Å². The summed E-state index contributed by atoms with van der Waals surface area (Å²) in [6.45, 7) is 0. The number of hydrazine groups is 1. The molecule has 0 bridgehead atoms. The standard InChI is InChI=1S/C18H18F3N3O4/c1-27-14-11-7-6-10-13(14)15(25)22-17(16(26)28-2,18(19,20)21)24-23-12-8-4-3-5-9-12/h3-11,23-24H,1-2H3,(H,22,25)/t17-/m0/s1. The molecule has 2 rings (SSSR count). The molecular formula is C18H18F3N3O4. The van der Waals surface area contributed by atoms with Crippen LogP contribution in [-0.4, -0.2) is 37.9 Å². The van der Waals surface area contributed by atoms with Crippen LogP contribution in [0.25, 0.3) is 0 Å². The molecule has 0 radical (unpaired) electrons. The Labute approximate surface area is 158 Å². The molecule has 28 heavy (non-hydrogen) atoms. The van der Waals surface area contributed by atoms with Gasteiger partial charge in [0.05, 0.1) is 19.8 Å². The fourth-order valence-electron chi connectivity index (χ4n) is 2.30. The molecule has 10 heteroatoms. The van der Waals surface area contributed by atoms with Crippen LogP contribution in [0, 0.1) is 0 Å². The Morgan fingerprint density at radius 3 is 2.11 bits per heavy atom. The maximum atomic E-state index is 13.9. The highest BCUT2D eigenvalue weighted by atomic mass is 19.4. The van der Waals surface area contributed by atoms with Gasteiger partial charge in [-0.05, 0) is 24.3 Å². The molecule has 0 saturated heterocycles. The van der Waals surface area contributed by atoms with Crippen molar-refractivity contribution < 1.29 is 32.2 Å². The zero-order chi connectivity index (χ0) is 20.8. The molecule has 0 aliphatic heterocycles. The van der Waals surface area contributed by atoms with Gasteiger partial charge in [0.1, 0.15) is 5.75 Å². The third kappa shape index (κ3) is 4.34. The first-order valence-electron chi connectivity index (χ1n) is 7.94. The highest BCUT2D eigenvalue weighted by Crippen LogP contribution is 2.31. The van der Waals surface area contributed by atoms with E-state index in [0.717, 1.165) is 7.11 Å². The molecule has 0 aliphatic rings. The Kier molecular flexibility index (Phi) is 6.47. The molecule has 150 valence electrons. The molecule has 1 atom stereocenters. The van der Waals surface area contributed by atoms with E-state index in [1.165, 1.54) is 37.4 Å². The first-order chi connectivity index (χ1) is 13.2. The van der Waals surface area contributed by atoms with Crippen LogP contribution in [-0.2, 0) is 9.53 Å². The van der Waals surface area contributed by atoms with Gasteiger partial charge in [0, 0.05) is 5.69 Å². The summed E-state index contributed by atoms with van der Waals surface area (Å²) in [6, 6.07) is 13.4. The van der Waals surface area contributed by atoms with Crippen molar-refractivity contribution >= 4 is 17.6 Å². The smallest absolute Gasteiger partial charge is 0.438 e. The van der Waals surface area contributed by atoms with E-state index in [1.807, 2.05) is 5.43 Å². The molecule has 0 heterocycles. The Morgan fingerprint density at radius 1 is 0.929 bits per heavy atom. The Morgan fingerprint density at radius 2 is 1.54 bits per heavy atom. The maximum Gasteiger partial charge on any atom is 0.438 e. The average Bonchev–Trinajstić information content (AvgIpc) is 2.70. The van der Waals surface area contributed by atoms with E-state index in [4.69, 9.17) is 4.74 Å². The van der Waals surface area contributed by atoms with Crippen molar-refractivity contribution in [1.82, 2.24) is 10.7 Å². The SMILES string of the molecule is COC(=O)[C@@](NNc1ccccc1)(NC(=O)c1ccccc1OC)C(F)(F)F. The fourth-order valence-corrected chi connectivity index (χ4v) is 2.30. The number of hydrogen-bond acceptors (Lipinski definition) is 6. The number of halogens is 3. The normalized spacial score (nSPS) is 13.2. The monoisotopic (exact) mass is 397 g/mol. The number of benzene rings is 2. The summed E-state index contributed by atoms with van der Waals surface area (Å²) < 4.78 is 51.1. The summed E-state index contributed by atoms with van der Waals surface area (Å²) in [5, 5.41) is 1.69. The lowest BCUT2D eigenvalue weighted by molar-refractivity contribution is -0.215. The van der Waals surface area contributed by atoms with Gasteiger partial charge in [0.25, 0.3) is 5.91 Å². The minimum atomic E-state index is -5.25. The van der Waals surface area contributed by atoms with Crippen molar-refractivity contribution in [2.45, 2.75) is 11.8 Å². The summed E-state index contributed by atoms with van der Waals surface area (Å²) in [6.07, 6.45) is -5.25. The van der Waals surface area contributed by atoms with Crippen LogP contribution in [0.4, 0.5) is 18.9 Å². The lowest BCUT2D eigenvalue weighted by Crippen LogP contribution is -2.73. The van der Waals surface area contributed by atoms with Gasteiger partial charge in [-0.25, -0.2) is 4.79 Å². The molecule has 3 N–H and O–H groups in total. The summed E-state index contributed by atoms with van der Waals surface area (Å²) in [4.78, 5) is 24.7. The quantitative estimate of drug-likeness (QED) is 0.378. The lowest BCUT2D eigenvalue weighted by atomic mass is 10.1. The molecule has 0 fully saturated rings. The van der Waals surface area contributed by atoms with Gasteiger partial charge < -0.3 is 20.2 Å². The van der Waals surface area contributed by atoms with Crippen LogP contribution in [0.1, 0.15) is 10.4 Å². The van der Waals surface area contributed by atoms with Gasteiger partial charge in [0.15, 0.2) is 0 Å². The number of methoxy groups -OCH3 is 2. The van der Waals surface area contributed by atoms with Crippen molar-refractivity contribution in [3.63, 3.8) is 0 Å². The van der Waals surface area contributed by atoms with Gasteiger partial charge in [0.2, 0.25) is 0 Å². The molecule has 2 aromatic rings. The summed E-state index contributed by atoms with van der Waals surface area (Å²) in [7, 11) is 2.04. The lowest BCUT2D eigenvalue weighted by Gasteiger charge is -2.34. The number of hydrogen-bond donors (Lipinski definition) is 3. The van der Waals surface area contributed by atoms with Gasteiger partial charge in [-0.3, -0.25) is 4.79 Å². The number of ether oxygens (including phenoxy) is 2. The van der Waals surface area contributed by atoms with E-state index in [1.54, 1.807) is 29.6 Å². The Hall–Kier alpha value is -3.27. The number of carbonyl (C=O) groups excluding carboxylic acids is 2. The first-order valence-corrected chi connectivity index (χ1v) is 7.94. The predicted molar refractivity (Wildman–Crippen MR) is 94.5 cm³/mol. The number of nitrogens with one attached hydrogen (secondary N) is 3. The molecule has 7 nitrogen and oxygen atoms in total. The zero-order valence-electron chi connectivity index (χ0n) is 15.0. The number of amides is 1. The van der Waals surface area contributed by atoms with Crippen LogP contribution in [0.3, 0.4) is 0 Å². The molecule has 1 amide bonds. The van der Waals surface area contributed by atoms with E-state index in [9.17, 15) is 22.8 Å². The maximum absolute atomic E-state index is 13.9. The highest BCUT2D eigenvalue weighted by Gasteiger charge is 2.63. The van der Waals surface area contributed by atoms with Crippen LogP contribution in [0.5, 0.6) is 5.75 Å². The van der Waals surface area contributed by atoms with Crippen LogP contribution in [0.15, 0.2) is 54.6 Å². The number of anilines is 1. The second kappa shape index (κ2) is 8.61. The third-order valence-corrected chi connectivity index (χ3v) is 3.74. The molecule has 0 aliphatic carbocycles. The number of rotatable bonds is 7. The largest absolute Gasteiger partial charge is 0.496 e. The van der Waals surface area contributed by atoms with Gasteiger partial charge in [-0.2, -0.15) is 18.6 Å². The summed E-state index contributed by atoms with van der Waals surface area (Å²) in [5.74, 6) is -2.91. The summed E-state index contributed by atoms with van der Waals surface area (Å²) >= 11 is 0. The van der Waals surface area contributed by atoms with Crippen molar-refractivity contribution in [1.29, 1.82) is 0 Å². The fraction of sp³-hybridized carbons (Fsp3) is 0.222. The second-order valence-electron chi connectivity index (χ2n) is 5.51. The molecule has 0 aromatic heterocycles. The van der Waals surface area contributed by atoms with Crippen LogP contribution in [0.2, 0.25) is 0 Å². The molecule has 2 aromatic carbocycles.